The molecule has 1 saturated carbocycles. The summed E-state index contributed by atoms with van der Waals surface area (Å²) in [4.78, 5) is 16.0. The van der Waals surface area contributed by atoms with Gasteiger partial charge in [0.05, 0.1) is 5.03 Å². The Balaban J connectivity index is 2.03. The van der Waals surface area contributed by atoms with Gasteiger partial charge >= 0.3 is 5.97 Å². The third kappa shape index (κ3) is 3.74. The number of aliphatic carboxylic acids is 1. The third-order valence-electron chi connectivity index (χ3n) is 3.43. The first-order valence-corrected chi connectivity index (χ1v) is 8.38. The van der Waals surface area contributed by atoms with Crippen LogP contribution < -0.4 is 5.32 Å². The SMILES string of the molecule is CC(C)NC1(C(=O)O)CCC(Sc2ccc(Br)cn2)C1. The molecule has 2 unspecified atom stereocenters. The lowest BCUT2D eigenvalue weighted by Gasteiger charge is -2.28. The van der Waals surface area contributed by atoms with E-state index in [4.69, 9.17) is 0 Å². The smallest absolute Gasteiger partial charge is 0.323 e. The Bertz CT molecular complexity index is 481. The fraction of sp³-hybridized carbons (Fsp3) is 0.571. The zero-order valence-corrected chi connectivity index (χ0v) is 14.0. The van der Waals surface area contributed by atoms with Crippen LogP contribution in [0.25, 0.3) is 0 Å². The van der Waals surface area contributed by atoms with Crippen molar-refractivity contribution >= 4 is 33.7 Å². The van der Waals surface area contributed by atoms with Crippen molar-refractivity contribution in [1.82, 2.24) is 10.3 Å². The van der Waals surface area contributed by atoms with E-state index in [2.05, 4.69) is 26.2 Å². The molecule has 1 aromatic heterocycles. The van der Waals surface area contributed by atoms with Gasteiger partial charge in [0.25, 0.3) is 0 Å². The van der Waals surface area contributed by atoms with Gasteiger partial charge < -0.3 is 5.11 Å². The standard InChI is InChI=1S/C14H19BrN2O2S/c1-9(2)17-14(13(18)19)6-5-11(7-14)20-12-4-3-10(15)8-16-12/h3-4,8-9,11,17H,5-7H2,1-2H3,(H,18,19). The lowest BCUT2D eigenvalue weighted by Crippen LogP contribution is -2.53. The Labute approximate surface area is 131 Å². The fourth-order valence-electron chi connectivity index (χ4n) is 2.64. The number of rotatable bonds is 5. The molecule has 2 rings (SSSR count). The first-order valence-electron chi connectivity index (χ1n) is 6.70. The minimum atomic E-state index is -0.777. The van der Waals surface area contributed by atoms with E-state index < -0.39 is 11.5 Å². The van der Waals surface area contributed by atoms with Crippen LogP contribution in [0.3, 0.4) is 0 Å². The molecule has 0 spiro atoms. The van der Waals surface area contributed by atoms with Crippen molar-refractivity contribution in [3.63, 3.8) is 0 Å². The van der Waals surface area contributed by atoms with Gasteiger partial charge in [-0.05, 0) is 61.2 Å². The molecule has 1 aromatic rings. The highest BCUT2D eigenvalue weighted by molar-refractivity contribution is 9.10. The fourth-order valence-corrected chi connectivity index (χ4v) is 4.08. The monoisotopic (exact) mass is 358 g/mol. The van der Waals surface area contributed by atoms with E-state index in [1.54, 1.807) is 18.0 Å². The number of halogens is 1. The van der Waals surface area contributed by atoms with Gasteiger partial charge in [-0.2, -0.15) is 0 Å². The number of nitrogens with zero attached hydrogens (tertiary/aromatic N) is 1. The summed E-state index contributed by atoms with van der Waals surface area (Å²) in [7, 11) is 0. The maximum absolute atomic E-state index is 11.6. The minimum absolute atomic E-state index is 0.167. The molecular formula is C14H19BrN2O2S. The normalized spacial score (nSPS) is 26.1. The highest BCUT2D eigenvalue weighted by Crippen LogP contribution is 2.40. The van der Waals surface area contributed by atoms with Crippen LogP contribution in [-0.2, 0) is 4.79 Å². The maximum atomic E-state index is 11.6. The summed E-state index contributed by atoms with van der Waals surface area (Å²) in [5, 5.41) is 14.0. The number of hydrogen-bond acceptors (Lipinski definition) is 4. The zero-order chi connectivity index (χ0) is 14.8. The molecule has 0 aromatic carbocycles. The van der Waals surface area contributed by atoms with Gasteiger partial charge in [0, 0.05) is 22.0 Å². The summed E-state index contributed by atoms with van der Waals surface area (Å²) in [5.74, 6) is -0.738. The summed E-state index contributed by atoms with van der Waals surface area (Å²) >= 11 is 5.03. The topological polar surface area (TPSA) is 62.2 Å². The summed E-state index contributed by atoms with van der Waals surface area (Å²) in [5.41, 5.74) is -0.777. The molecule has 1 fully saturated rings. The largest absolute Gasteiger partial charge is 0.480 e. The van der Waals surface area contributed by atoms with Crippen molar-refractivity contribution < 1.29 is 9.90 Å². The first-order chi connectivity index (χ1) is 9.41. The Hall–Kier alpha value is -0.590. The van der Waals surface area contributed by atoms with Crippen LogP contribution in [0.2, 0.25) is 0 Å². The van der Waals surface area contributed by atoms with Gasteiger partial charge in [0.15, 0.2) is 0 Å². The molecule has 0 saturated heterocycles. The van der Waals surface area contributed by atoms with Gasteiger partial charge in [0.2, 0.25) is 0 Å². The van der Waals surface area contributed by atoms with E-state index in [0.717, 1.165) is 15.9 Å². The van der Waals surface area contributed by atoms with Gasteiger partial charge in [-0.3, -0.25) is 10.1 Å². The average Bonchev–Trinajstić information content (AvgIpc) is 2.76. The van der Waals surface area contributed by atoms with Crippen molar-refractivity contribution in [1.29, 1.82) is 0 Å². The summed E-state index contributed by atoms with van der Waals surface area (Å²) in [6.45, 7) is 3.98. The van der Waals surface area contributed by atoms with Crippen LogP contribution in [0.4, 0.5) is 0 Å². The molecule has 0 radical (unpaired) electrons. The van der Waals surface area contributed by atoms with Crippen LogP contribution in [0.5, 0.6) is 0 Å². The second-order valence-electron chi connectivity index (χ2n) is 5.48. The van der Waals surface area contributed by atoms with E-state index in [0.29, 0.717) is 18.1 Å². The molecule has 0 amide bonds. The number of thioether (sulfide) groups is 1. The Morgan fingerprint density at radius 1 is 1.60 bits per heavy atom. The van der Waals surface area contributed by atoms with Gasteiger partial charge in [-0.25, -0.2) is 4.98 Å². The molecule has 2 atom stereocenters. The van der Waals surface area contributed by atoms with E-state index in [-0.39, 0.29) is 6.04 Å². The average molecular weight is 359 g/mol. The molecular weight excluding hydrogens is 340 g/mol. The molecule has 0 bridgehead atoms. The molecule has 1 heterocycles. The number of pyridine rings is 1. The number of aromatic nitrogens is 1. The maximum Gasteiger partial charge on any atom is 0.323 e. The Morgan fingerprint density at radius 2 is 2.35 bits per heavy atom. The Kier molecular flexibility index (Phi) is 5.09. The molecule has 1 aliphatic carbocycles. The summed E-state index contributed by atoms with van der Waals surface area (Å²) in [6.07, 6.45) is 3.99. The first kappa shape index (κ1) is 15.8. The van der Waals surface area contributed by atoms with Crippen LogP contribution in [0, 0.1) is 0 Å². The molecule has 110 valence electrons. The number of carboxylic acids is 1. The highest BCUT2D eigenvalue weighted by atomic mass is 79.9. The lowest BCUT2D eigenvalue weighted by molar-refractivity contribution is -0.145. The van der Waals surface area contributed by atoms with Crippen LogP contribution in [0.1, 0.15) is 33.1 Å². The quantitative estimate of drug-likeness (QED) is 0.845. The predicted molar refractivity (Wildman–Crippen MR) is 84.1 cm³/mol. The van der Waals surface area contributed by atoms with E-state index in [1.165, 1.54) is 0 Å². The molecule has 4 nitrogen and oxygen atoms in total. The second kappa shape index (κ2) is 6.45. The van der Waals surface area contributed by atoms with E-state index in [1.807, 2.05) is 26.0 Å². The van der Waals surface area contributed by atoms with Crippen molar-refractivity contribution in [2.24, 2.45) is 0 Å². The molecule has 20 heavy (non-hydrogen) atoms. The number of hydrogen-bond donors (Lipinski definition) is 2. The molecule has 0 aliphatic heterocycles. The Morgan fingerprint density at radius 3 is 2.90 bits per heavy atom. The predicted octanol–water partition coefficient (Wildman–Crippen LogP) is 3.31. The van der Waals surface area contributed by atoms with Crippen molar-refractivity contribution in [3.8, 4) is 0 Å². The molecule has 2 N–H and O–H groups in total. The second-order valence-corrected chi connectivity index (χ2v) is 7.72. The minimum Gasteiger partial charge on any atom is -0.480 e. The summed E-state index contributed by atoms with van der Waals surface area (Å²) in [6, 6.07) is 4.09. The van der Waals surface area contributed by atoms with E-state index in [9.17, 15) is 9.90 Å². The van der Waals surface area contributed by atoms with Crippen LogP contribution in [0.15, 0.2) is 27.8 Å². The number of nitrogens with one attached hydrogen (secondary N) is 1. The van der Waals surface area contributed by atoms with Crippen LogP contribution >= 0.6 is 27.7 Å². The van der Waals surface area contributed by atoms with E-state index >= 15 is 0 Å². The zero-order valence-electron chi connectivity index (χ0n) is 11.6. The van der Waals surface area contributed by atoms with Crippen molar-refractivity contribution in [2.75, 3.05) is 0 Å². The van der Waals surface area contributed by atoms with Gasteiger partial charge in [0.1, 0.15) is 5.54 Å². The van der Waals surface area contributed by atoms with Crippen molar-refractivity contribution in [3.05, 3.63) is 22.8 Å². The van der Waals surface area contributed by atoms with Crippen LogP contribution in [-0.4, -0.2) is 32.9 Å². The lowest BCUT2D eigenvalue weighted by atomic mass is 9.97. The third-order valence-corrected chi connectivity index (χ3v) is 5.12. The van der Waals surface area contributed by atoms with Gasteiger partial charge in [-0.1, -0.05) is 0 Å². The number of carboxylic acid groups (broad SMARTS) is 1. The van der Waals surface area contributed by atoms with Gasteiger partial charge in [-0.15, -0.1) is 11.8 Å². The number of carbonyl (C=O) groups is 1. The molecule has 6 heteroatoms. The summed E-state index contributed by atoms with van der Waals surface area (Å²) < 4.78 is 0.953. The highest BCUT2D eigenvalue weighted by Gasteiger charge is 2.46. The molecule has 1 aliphatic rings. The van der Waals surface area contributed by atoms with Crippen molar-refractivity contribution in [2.45, 2.75) is 55.0 Å².